The van der Waals surface area contributed by atoms with Crippen LogP contribution in [0.2, 0.25) is 0 Å². The standard InChI is InChI=1S/C26H19F3N6OS/c1-26(13-5-3-2-4-6-13)20(10-36)31-24-21(26)23(30)32-25(33-24)35-19-12-37-11-15(19)18(34-35)9-14-16(27)7-8-17(28)22(14)29/h2-8,10-12,20H,9H2,1H3,(H3,30,31,32,33). The molecular weight excluding hydrogens is 501 g/mol. The molecule has 0 fully saturated rings. The molecule has 3 aromatic heterocycles. The number of aromatic nitrogens is 4. The number of carbonyl (C=O) groups is 1. The second-order valence-electron chi connectivity index (χ2n) is 8.99. The average Bonchev–Trinajstić information content (AvgIpc) is 3.58. The number of thiophene rings is 1. The second-order valence-corrected chi connectivity index (χ2v) is 9.73. The molecule has 186 valence electrons. The highest BCUT2D eigenvalue weighted by atomic mass is 32.1. The Morgan fingerprint density at radius 1 is 1.11 bits per heavy atom. The Labute approximate surface area is 212 Å². The molecule has 2 atom stereocenters. The van der Waals surface area contributed by atoms with Gasteiger partial charge in [0, 0.05) is 33.7 Å². The number of anilines is 2. The molecule has 0 spiro atoms. The van der Waals surface area contributed by atoms with E-state index in [1.807, 2.05) is 37.3 Å². The first-order chi connectivity index (χ1) is 17.8. The van der Waals surface area contributed by atoms with E-state index in [-0.39, 0.29) is 18.2 Å². The molecule has 7 nitrogen and oxygen atoms in total. The Balaban J connectivity index is 1.48. The van der Waals surface area contributed by atoms with Crippen molar-refractivity contribution in [2.75, 3.05) is 11.1 Å². The van der Waals surface area contributed by atoms with Crippen LogP contribution in [0.1, 0.15) is 29.3 Å². The number of rotatable bonds is 5. The van der Waals surface area contributed by atoms with Crippen LogP contribution in [0, 0.1) is 17.5 Å². The van der Waals surface area contributed by atoms with E-state index in [9.17, 15) is 18.0 Å². The summed E-state index contributed by atoms with van der Waals surface area (Å²) in [5.74, 6) is -2.55. The lowest BCUT2D eigenvalue weighted by atomic mass is 9.73. The van der Waals surface area contributed by atoms with Gasteiger partial charge in [-0.3, -0.25) is 0 Å². The van der Waals surface area contributed by atoms with Crippen molar-refractivity contribution in [3.05, 3.63) is 93.1 Å². The summed E-state index contributed by atoms with van der Waals surface area (Å²) in [5.41, 5.74) is 7.64. The summed E-state index contributed by atoms with van der Waals surface area (Å²) in [6, 6.07) is 10.5. The van der Waals surface area contributed by atoms with Crippen LogP contribution in [0.3, 0.4) is 0 Å². The summed E-state index contributed by atoms with van der Waals surface area (Å²) in [6.45, 7) is 1.91. The molecule has 37 heavy (non-hydrogen) atoms. The van der Waals surface area contributed by atoms with Gasteiger partial charge in [-0.05, 0) is 24.6 Å². The van der Waals surface area contributed by atoms with Crippen molar-refractivity contribution in [1.29, 1.82) is 0 Å². The third kappa shape index (κ3) is 3.41. The Morgan fingerprint density at radius 3 is 2.62 bits per heavy atom. The molecular formula is C26H19F3N6OS. The maximum Gasteiger partial charge on any atom is 0.255 e. The van der Waals surface area contributed by atoms with E-state index in [1.54, 1.807) is 10.8 Å². The van der Waals surface area contributed by atoms with Crippen molar-refractivity contribution in [3.63, 3.8) is 0 Å². The topological polar surface area (TPSA) is 98.7 Å². The van der Waals surface area contributed by atoms with E-state index < -0.39 is 34.5 Å². The van der Waals surface area contributed by atoms with E-state index in [1.165, 1.54) is 16.0 Å². The molecule has 3 N–H and O–H groups in total. The number of hydrogen-bond acceptors (Lipinski definition) is 7. The van der Waals surface area contributed by atoms with Gasteiger partial charge >= 0.3 is 0 Å². The van der Waals surface area contributed by atoms with Crippen LogP contribution < -0.4 is 11.1 Å². The lowest BCUT2D eigenvalue weighted by molar-refractivity contribution is -0.109. The third-order valence-corrected chi connectivity index (χ3v) is 7.67. The monoisotopic (exact) mass is 520 g/mol. The van der Waals surface area contributed by atoms with Crippen molar-refractivity contribution < 1.29 is 18.0 Å². The van der Waals surface area contributed by atoms with Crippen LogP contribution in [0.25, 0.3) is 16.9 Å². The van der Waals surface area contributed by atoms with Gasteiger partial charge in [-0.15, -0.1) is 11.3 Å². The predicted octanol–water partition coefficient (Wildman–Crippen LogP) is 4.77. The molecule has 0 amide bonds. The minimum atomic E-state index is -1.25. The van der Waals surface area contributed by atoms with E-state index in [4.69, 9.17) is 5.73 Å². The summed E-state index contributed by atoms with van der Waals surface area (Å²) in [6.07, 6.45) is 0.548. The van der Waals surface area contributed by atoms with E-state index in [0.29, 0.717) is 28.0 Å². The quantitative estimate of drug-likeness (QED) is 0.256. The normalized spacial score (nSPS) is 18.6. The molecule has 1 aliphatic heterocycles. The Morgan fingerprint density at radius 2 is 1.86 bits per heavy atom. The van der Waals surface area contributed by atoms with Crippen molar-refractivity contribution >= 4 is 40.2 Å². The van der Waals surface area contributed by atoms with Gasteiger partial charge in [-0.2, -0.15) is 19.7 Å². The third-order valence-electron chi connectivity index (χ3n) is 6.94. The van der Waals surface area contributed by atoms with Gasteiger partial charge < -0.3 is 15.8 Å². The largest absolute Gasteiger partial charge is 0.383 e. The number of nitrogens with one attached hydrogen (secondary N) is 1. The van der Waals surface area contributed by atoms with E-state index >= 15 is 0 Å². The van der Waals surface area contributed by atoms with Gasteiger partial charge in [0.15, 0.2) is 11.6 Å². The molecule has 0 radical (unpaired) electrons. The second kappa shape index (κ2) is 8.41. The summed E-state index contributed by atoms with van der Waals surface area (Å²) >= 11 is 1.36. The maximum atomic E-state index is 14.4. The van der Waals surface area contributed by atoms with Crippen molar-refractivity contribution in [3.8, 4) is 5.95 Å². The van der Waals surface area contributed by atoms with Gasteiger partial charge in [0.2, 0.25) is 0 Å². The highest BCUT2D eigenvalue weighted by Crippen LogP contribution is 2.47. The molecule has 2 unspecified atom stereocenters. The van der Waals surface area contributed by atoms with Crippen LogP contribution in [0.15, 0.2) is 53.2 Å². The molecule has 5 aromatic rings. The minimum Gasteiger partial charge on any atom is -0.383 e. The number of nitrogens with zero attached hydrogens (tertiary/aromatic N) is 4. The Kier molecular flexibility index (Phi) is 5.27. The molecule has 4 heterocycles. The number of aldehydes is 1. The molecule has 11 heteroatoms. The van der Waals surface area contributed by atoms with Gasteiger partial charge in [0.25, 0.3) is 5.95 Å². The number of fused-ring (bicyclic) bond motifs is 2. The summed E-state index contributed by atoms with van der Waals surface area (Å²) < 4.78 is 43.9. The van der Waals surface area contributed by atoms with E-state index in [0.717, 1.165) is 24.0 Å². The molecule has 0 bridgehead atoms. The number of halogens is 3. The number of nitrogens with two attached hydrogens (primary N) is 1. The highest BCUT2D eigenvalue weighted by molar-refractivity contribution is 7.09. The fraction of sp³-hybridized carbons (Fsp3) is 0.154. The van der Waals surface area contributed by atoms with Crippen LogP contribution in [-0.4, -0.2) is 32.1 Å². The first kappa shape index (κ1) is 23.2. The zero-order valence-corrected chi connectivity index (χ0v) is 20.2. The molecule has 2 aromatic carbocycles. The zero-order chi connectivity index (χ0) is 25.9. The highest BCUT2D eigenvalue weighted by Gasteiger charge is 2.47. The van der Waals surface area contributed by atoms with E-state index in [2.05, 4.69) is 20.4 Å². The minimum absolute atomic E-state index is 0.126. The fourth-order valence-electron chi connectivity index (χ4n) is 4.98. The first-order valence-corrected chi connectivity index (χ1v) is 12.3. The van der Waals surface area contributed by atoms with Gasteiger partial charge in [0.05, 0.1) is 22.7 Å². The zero-order valence-electron chi connectivity index (χ0n) is 19.4. The molecule has 0 aliphatic carbocycles. The Bertz CT molecular complexity index is 1690. The van der Waals surface area contributed by atoms with Crippen molar-refractivity contribution in [1.82, 2.24) is 19.7 Å². The smallest absolute Gasteiger partial charge is 0.255 e. The lowest BCUT2D eigenvalue weighted by Gasteiger charge is -2.29. The lowest BCUT2D eigenvalue weighted by Crippen LogP contribution is -2.38. The summed E-state index contributed by atoms with van der Waals surface area (Å²) in [4.78, 5) is 21.2. The summed E-state index contributed by atoms with van der Waals surface area (Å²) in [7, 11) is 0. The number of carbonyl (C=O) groups excluding carboxylic acids is 1. The molecule has 0 saturated heterocycles. The van der Waals surface area contributed by atoms with Crippen molar-refractivity contribution in [2.24, 2.45) is 0 Å². The maximum absolute atomic E-state index is 14.4. The number of nitrogen functional groups attached to an aromatic ring is 1. The Hall–Kier alpha value is -4.25. The average molecular weight is 521 g/mol. The van der Waals surface area contributed by atoms with Gasteiger partial charge in [-0.1, -0.05) is 30.3 Å². The van der Waals surface area contributed by atoms with Crippen LogP contribution >= 0.6 is 11.3 Å². The van der Waals surface area contributed by atoms with Crippen LogP contribution in [0.5, 0.6) is 0 Å². The van der Waals surface area contributed by atoms with Crippen LogP contribution in [0.4, 0.5) is 24.8 Å². The predicted molar refractivity (Wildman–Crippen MR) is 134 cm³/mol. The van der Waals surface area contributed by atoms with Gasteiger partial charge in [0.1, 0.15) is 23.7 Å². The van der Waals surface area contributed by atoms with Crippen LogP contribution in [-0.2, 0) is 16.6 Å². The molecule has 6 rings (SSSR count). The fourth-order valence-corrected chi connectivity index (χ4v) is 5.80. The number of hydrogen-bond donors (Lipinski definition) is 2. The molecule has 1 aliphatic rings. The van der Waals surface area contributed by atoms with Gasteiger partial charge in [-0.25, -0.2) is 13.2 Å². The summed E-state index contributed by atoms with van der Waals surface area (Å²) in [5, 5.41) is 11.9. The van der Waals surface area contributed by atoms with Crippen molar-refractivity contribution in [2.45, 2.75) is 24.8 Å². The number of benzene rings is 2. The SMILES string of the molecule is CC1(c2ccccc2)c2c(N)nc(-n3nc(Cc4c(F)ccc(F)c4F)c4cscc43)nc2NC1C=O. The first-order valence-electron chi connectivity index (χ1n) is 11.3. The molecule has 0 saturated carbocycles.